The molecule has 0 saturated carbocycles. The molecule has 0 aliphatic rings. The molecule has 3 aromatic rings. The number of hydrogen-bond acceptors (Lipinski definition) is 8. The maximum atomic E-state index is 12.7. The van der Waals surface area contributed by atoms with Crippen molar-refractivity contribution < 1.29 is 28.6 Å². The summed E-state index contributed by atoms with van der Waals surface area (Å²) in [5.74, 6) is -0.903. The smallest absolute Gasteiger partial charge is 0.337 e. The number of halogens is 2. The number of rotatable bonds is 10. The molecule has 208 valence electrons. The highest BCUT2D eigenvalue weighted by Gasteiger charge is 2.14. The fourth-order valence-corrected chi connectivity index (χ4v) is 3.50. The minimum absolute atomic E-state index is 0. The van der Waals surface area contributed by atoms with E-state index >= 15 is 0 Å². The molecule has 11 nitrogen and oxygen atoms in total. The van der Waals surface area contributed by atoms with E-state index in [1.54, 1.807) is 42.5 Å². The van der Waals surface area contributed by atoms with Crippen LogP contribution in [0.3, 0.4) is 0 Å². The molecule has 0 radical (unpaired) electrons. The number of amidine groups is 1. The van der Waals surface area contributed by atoms with Crippen molar-refractivity contribution in [3.8, 4) is 11.5 Å². The van der Waals surface area contributed by atoms with Gasteiger partial charge in [0.1, 0.15) is 17.3 Å². The number of amides is 2. The first-order chi connectivity index (χ1) is 17.7. The number of esters is 1. The molecule has 0 aliphatic carbocycles. The molecule has 0 fully saturated rings. The van der Waals surface area contributed by atoms with Gasteiger partial charge in [0.05, 0.1) is 19.8 Å². The summed E-state index contributed by atoms with van der Waals surface area (Å²) in [5, 5.41) is 13.5. The first kappa shape index (κ1) is 32.7. The third-order valence-corrected chi connectivity index (χ3v) is 5.33. The summed E-state index contributed by atoms with van der Waals surface area (Å²) >= 11 is 6.05. The Labute approximate surface area is 236 Å². The molecule has 2 amide bonds. The minimum atomic E-state index is -0.531. The van der Waals surface area contributed by atoms with Crippen LogP contribution in [-0.4, -0.2) is 44.4 Å². The van der Waals surface area contributed by atoms with E-state index in [0.29, 0.717) is 33.1 Å². The molecule has 0 bridgehead atoms. The fraction of sp³-hybridized carbons (Fsp3) is 0.154. The number of hydrogen-bond donors (Lipinski definition) is 5. The molecule has 0 spiro atoms. The molecule has 39 heavy (non-hydrogen) atoms. The van der Waals surface area contributed by atoms with Crippen molar-refractivity contribution in [2.45, 2.75) is 6.54 Å². The van der Waals surface area contributed by atoms with E-state index in [2.05, 4.69) is 15.4 Å². The molecule has 3 rings (SSSR count). The van der Waals surface area contributed by atoms with Crippen molar-refractivity contribution in [2.24, 2.45) is 5.73 Å². The van der Waals surface area contributed by atoms with Gasteiger partial charge in [0.25, 0.3) is 11.8 Å². The molecular weight excluding hydrogens is 549 g/mol. The highest BCUT2D eigenvalue weighted by molar-refractivity contribution is 6.31. The third-order valence-electron chi connectivity index (χ3n) is 5.11. The van der Waals surface area contributed by atoms with Gasteiger partial charge in [-0.15, -0.1) is 12.4 Å². The largest absolute Gasteiger partial charge is 0.497 e. The zero-order valence-electron chi connectivity index (χ0n) is 21.2. The van der Waals surface area contributed by atoms with Gasteiger partial charge in [0.2, 0.25) is 0 Å². The predicted molar refractivity (Wildman–Crippen MR) is 151 cm³/mol. The first-order valence-corrected chi connectivity index (χ1v) is 11.3. The number of benzene rings is 3. The van der Waals surface area contributed by atoms with Gasteiger partial charge < -0.3 is 36.7 Å². The Morgan fingerprint density at radius 3 is 2.38 bits per heavy atom. The van der Waals surface area contributed by atoms with Crippen molar-refractivity contribution in [1.82, 2.24) is 11.5 Å². The van der Waals surface area contributed by atoms with Crippen LogP contribution in [0.25, 0.3) is 0 Å². The summed E-state index contributed by atoms with van der Waals surface area (Å²) < 4.78 is 15.5. The number of carbonyl (C=O) groups excluding carboxylic acids is 3. The van der Waals surface area contributed by atoms with Crippen molar-refractivity contribution in [2.75, 3.05) is 26.1 Å². The van der Waals surface area contributed by atoms with Gasteiger partial charge in [0, 0.05) is 33.9 Å². The molecule has 13 heteroatoms. The van der Waals surface area contributed by atoms with Crippen LogP contribution >= 0.6 is 24.0 Å². The molecule has 0 aliphatic heterocycles. The van der Waals surface area contributed by atoms with Gasteiger partial charge in [-0.2, -0.15) is 0 Å². The summed E-state index contributed by atoms with van der Waals surface area (Å²) in [4.78, 5) is 36.9. The monoisotopic (exact) mass is 577 g/mol. The minimum Gasteiger partial charge on any atom is -0.497 e. The Balaban J connectivity index is 0.00000380. The number of anilines is 1. The molecule has 0 heterocycles. The number of methoxy groups -OCH3 is 2. The van der Waals surface area contributed by atoms with E-state index in [9.17, 15) is 14.4 Å². The van der Waals surface area contributed by atoms with Crippen LogP contribution in [0.1, 0.15) is 31.8 Å². The lowest BCUT2D eigenvalue weighted by Crippen LogP contribution is -2.24. The van der Waals surface area contributed by atoms with Gasteiger partial charge in [-0.25, -0.2) is 4.79 Å². The Kier molecular flexibility index (Phi) is 12.7. The summed E-state index contributed by atoms with van der Waals surface area (Å²) in [5.41, 5.74) is 7.51. The lowest BCUT2D eigenvalue weighted by Gasteiger charge is -2.14. The maximum Gasteiger partial charge on any atom is 0.337 e. The number of carbonyl (C=O) groups is 3. The summed E-state index contributed by atoms with van der Waals surface area (Å²) in [7, 11) is 2.74. The second-order valence-corrected chi connectivity index (χ2v) is 8.14. The second-order valence-electron chi connectivity index (χ2n) is 7.71. The number of nitrogen functional groups attached to an aromatic ring is 1. The Hall–Kier alpha value is -4.32. The topological polar surface area (TPSA) is 188 Å². The van der Waals surface area contributed by atoms with Crippen LogP contribution in [-0.2, 0) is 16.1 Å². The summed E-state index contributed by atoms with van der Waals surface area (Å²) in [6.07, 6.45) is 0. The molecule has 3 aromatic carbocycles. The molecule has 0 unspecified atom stereocenters. The van der Waals surface area contributed by atoms with Gasteiger partial charge in [-0.05, 0) is 42.5 Å². The van der Waals surface area contributed by atoms with Crippen LogP contribution in [0.15, 0.2) is 60.7 Å². The first-order valence-electron chi connectivity index (χ1n) is 10.9. The number of ether oxygens (including phenoxy) is 3. The maximum absolute atomic E-state index is 12.7. The summed E-state index contributed by atoms with van der Waals surface area (Å²) in [6.45, 7) is -0.319. The zero-order chi connectivity index (χ0) is 26.9. The van der Waals surface area contributed by atoms with Gasteiger partial charge in [-0.3, -0.25) is 15.0 Å². The van der Waals surface area contributed by atoms with Gasteiger partial charge in [0.15, 0.2) is 6.61 Å². The third kappa shape index (κ3) is 9.18. The van der Waals surface area contributed by atoms with Crippen LogP contribution in [0, 0.1) is 5.41 Å². The molecule has 8 N–H and O–H groups in total. The SMILES string of the molecule is COC(=O)c1cccc(NC(=O)COc2cc(C(=N)N)ccc2CNC(=O)c2cc(Cl)cc(OC)c2)c1.Cl.N. The normalized spacial score (nSPS) is 9.72. The highest BCUT2D eigenvalue weighted by Crippen LogP contribution is 2.23. The second kappa shape index (κ2) is 15.2. The van der Waals surface area contributed by atoms with Crippen LogP contribution in [0.2, 0.25) is 5.02 Å². The average molecular weight is 578 g/mol. The lowest BCUT2D eigenvalue weighted by molar-refractivity contribution is -0.118. The van der Waals surface area contributed by atoms with E-state index in [-0.39, 0.29) is 48.9 Å². The number of nitrogens with two attached hydrogens (primary N) is 1. The standard InChI is InChI=1S/C26H25ClN4O6.ClH.H3N/c1-35-21-10-18(8-19(27)12-21)25(33)30-13-17-7-6-15(24(28)29)11-22(17)37-14-23(32)31-20-5-3-4-16(9-20)26(34)36-2;;/h3-12H,13-14H2,1-2H3,(H3,28,29)(H,30,33)(H,31,32);1H;1H3. The van der Waals surface area contributed by atoms with E-state index in [1.165, 1.54) is 32.4 Å². The average Bonchev–Trinajstić information content (AvgIpc) is 2.89. The van der Waals surface area contributed by atoms with Gasteiger partial charge in [-0.1, -0.05) is 29.8 Å². The Bertz CT molecular complexity index is 1350. The van der Waals surface area contributed by atoms with E-state index < -0.39 is 17.8 Å². The quantitative estimate of drug-likeness (QED) is 0.136. The highest BCUT2D eigenvalue weighted by atomic mass is 35.5. The van der Waals surface area contributed by atoms with E-state index in [1.807, 2.05) is 0 Å². The number of nitrogens with one attached hydrogen (secondary N) is 3. The molecule has 0 atom stereocenters. The molecule has 0 saturated heterocycles. The van der Waals surface area contributed by atoms with E-state index in [4.69, 9.17) is 32.2 Å². The van der Waals surface area contributed by atoms with Crippen LogP contribution in [0.4, 0.5) is 5.69 Å². The Morgan fingerprint density at radius 2 is 1.72 bits per heavy atom. The lowest BCUT2D eigenvalue weighted by atomic mass is 10.1. The van der Waals surface area contributed by atoms with Crippen molar-refractivity contribution in [3.05, 3.63) is 87.9 Å². The van der Waals surface area contributed by atoms with Crippen LogP contribution < -0.4 is 32.0 Å². The van der Waals surface area contributed by atoms with Crippen molar-refractivity contribution in [1.29, 1.82) is 5.41 Å². The predicted octanol–water partition coefficient (Wildman–Crippen LogP) is 3.95. The molecular formula is C26H29Cl2N5O6. The van der Waals surface area contributed by atoms with E-state index in [0.717, 1.165) is 0 Å². The van der Waals surface area contributed by atoms with Crippen LogP contribution in [0.5, 0.6) is 11.5 Å². The van der Waals surface area contributed by atoms with Crippen molar-refractivity contribution in [3.63, 3.8) is 0 Å². The van der Waals surface area contributed by atoms with Gasteiger partial charge >= 0.3 is 5.97 Å². The summed E-state index contributed by atoms with van der Waals surface area (Å²) in [6, 6.07) is 15.7. The molecule has 0 aromatic heterocycles. The van der Waals surface area contributed by atoms with Crippen molar-refractivity contribution >= 4 is 53.3 Å². The fourth-order valence-electron chi connectivity index (χ4n) is 3.27. The zero-order valence-corrected chi connectivity index (χ0v) is 22.8. The Morgan fingerprint density at radius 1 is 0.974 bits per heavy atom.